The summed E-state index contributed by atoms with van der Waals surface area (Å²) >= 11 is 1.82. The van der Waals surface area contributed by atoms with Gasteiger partial charge in [0.05, 0.1) is 13.6 Å². The van der Waals surface area contributed by atoms with Gasteiger partial charge in [0.15, 0.2) is 0 Å². The summed E-state index contributed by atoms with van der Waals surface area (Å²) in [5, 5.41) is 7.12. The van der Waals surface area contributed by atoms with Crippen molar-refractivity contribution in [3.63, 3.8) is 0 Å². The predicted molar refractivity (Wildman–Crippen MR) is 65.4 cm³/mol. The molecule has 84 valence electrons. The number of anilines is 1. The van der Waals surface area contributed by atoms with Gasteiger partial charge in [-0.1, -0.05) is 32.1 Å². The normalized spacial score (nSPS) is 16.8. The van der Waals surface area contributed by atoms with Gasteiger partial charge in [-0.3, -0.25) is 5.32 Å². The van der Waals surface area contributed by atoms with Crippen molar-refractivity contribution in [2.75, 3.05) is 11.9 Å². The summed E-state index contributed by atoms with van der Waals surface area (Å²) in [5.41, 5.74) is 1.65. The highest BCUT2D eigenvalue weighted by atomic mass is 32.1. The second-order valence-electron chi connectivity index (χ2n) is 5.56. The molecule has 0 spiro atoms. The molecule has 15 heavy (non-hydrogen) atoms. The van der Waals surface area contributed by atoms with Gasteiger partial charge in [0.25, 0.3) is 0 Å². The Labute approximate surface area is 96.3 Å². The van der Waals surface area contributed by atoms with Crippen LogP contribution in [0.25, 0.3) is 0 Å². The minimum atomic E-state index is 0.241. The maximum Gasteiger partial charge on any atom is 0.333 e. The number of hydrogen-bond acceptors (Lipinski definition) is 2. The molecule has 0 aliphatic heterocycles. The van der Waals surface area contributed by atoms with Crippen molar-refractivity contribution < 1.29 is 4.57 Å². The molecule has 0 amide bonds. The standard InChI is InChI=1S/C12H20N2S/c1-12(2,3)10-8-15-11(14(10)4)13-7-9-5-6-9/h8-9H,5-7H2,1-4H3/p+1. The summed E-state index contributed by atoms with van der Waals surface area (Å²) < 4.78 is 2.30. The van der Waals surface area contributed by atoms with Crippen LogP contribution in [-0.2, 0) is 12.5 Å². The number of hydrogen-bond donors (Lipinski definition) is 1. The van der Waals surface area contributed by atoms with Gasteiger partial charge < -0.3 is 0 Å². The van der Waals surface area contributed by atoms with Gasteiger partial charge >= 0.3 is 5.13 Å². The minimum absolute atomic E-state index is 0.241. The largest absolute Gasteiger partial charge is 0.333 e. The quantitative estimate of drug-likeness (QED) is 0.782. The molecule has 1 fully saturated rings. The summed E-state index contributed by atoms with van der Waals surface area (Å²) in [6.07, 6.45) is 2.82. The maximum atomic E-state index is 3.55. The lowest BCUT2D eigenvalue weighted by Crippen LogP contribution is -2.39. The Balaban J connectivity index is 2.08. The Morgan fingerprint density at radius 2 is 2.13 bits per heavy atom. The highest BCUT2D eigenvalue weighted by molar-refractivity contribution is 7.13. The van der Waals surface area contributed by atoms with Crippen LogP contribution in [0.5, 0.6) is 0 Å². The van der Waals surface area contributed by atoms with Crippen molar-refractivity contribution >= 4 is 16.5 Å². The van der Waals surface area contributed by atoms with E-state index in [1.807, 2.05) is 11.3 Å². The molecule has 3 heteroatoms. The van der Waals surface area contributed by atoms with Crippen molar-refractivity contribution in [3.8, 4) is 0 Å². The van der Waals surface area contributed by atoms with Crippen LogP contribution in [0.3, 0.4) is 0 Å². The summed E-state index contributed by atoms with van der Waals surface area (Å²) in [5.74, 6) is 0.935. The predicted octanol–water partition coefficient (Wildman–Crippen LogP) is 2.69. The average molecular weight is 225 g/mol. The zero-order valence-electron chi connectivity index (χ0n) is 10.1. The van der Waals surface area contributed by atoms with Gasteiger partial charge in [0.1, 0.15) is 5.69 Å². The molecule has 1 saturated carbocycles. The van der Waals surface area contributed by atoms with Crippen LogP contribution in [0.4, 0.5) is 5.13 Å². The number of thiazole rings is 1. The van der Waals surface area contributed by atoms with Crippen LogP contribution in [0.1, 0.15) is 39.3 Å². The van der Waals surface area contributed by atoms with E-state index < -0.39 is 0 Å². The zero-order valence-corrected chi connectivity index (χ0v) is 10.9. The van der Waals surface area contributed by atoms with Crippen molar-refractivity contribution in [2.45, 2.75) is 39.0 Å². The third kappa shape index (κ3) is 2.51. The van der Waals surface area contributed by atoms with Crippen LogP contribution in [0.15, 0.2) is 5.38 Å². The first-order valence-electron chi connectivity index (χ1n) is 5.70. The smallest absolute Gasteiger partial charge is 0.265 e. The molecule has 1 aliphatic rings. The highest BCUT2D eigenvalue weighted by Crippen LogP contribution is 2.30. The Kier molecular flexibility index (Phi) is 2.75. The van der Waals surface area contributed by atoms with Crippen molar-refractivity contribution in [1.82, 2.24) is 0 Å². The number of aromatic nitrogens is 1. The van der Waals surface area contributed by atoms with Gasteiger partial charge in [0.2, 0.25) is 0 Å². The van der Waals surface area contributed by atoms with E-state index in [9.17, 15) is 0 Å². The molecule has 0 radical (unpaired) electrons. The van der Waals surface area contributed by atoms with E-state index in [1.165, 1.54) is 23.7 Å². The SMILES string of the molecule is C[n+]1c(C(C)(C)C)csc1NCC1CC1. The molecule has 0 saturated heterocycles. The van der Waals surface area contributed by atoms with Crippen molar-refractivity contribution in [2.24, 2.45) is 13.0 Å². The highest BCUT2D eigenvalue weighted by Gasteiger charge is 2.27. The molecule has 2 rings (SSSR count). The molecule has 1 heterocycles. The third-order valence-electron chi connectivity index (χ3n) is 2.96. The topological polar surface area (TPSA) is 15.9 Å². The van der Waals surface area contributed by atoms with E-state index in [4.69, 9.17) is 0 Å². The lowest BCUT2D eigenvalue weighted by Gasteiger charge is -2.15. The van der Waals surface area contributed by atoms with Gasteiger partial charge in [-0.15, -0.1) is 0 Å². The third-order valence-corrected chi connectivity index (χ3v) is 3.94. The summed E-state index contributed by atoms with van der Waals surface area (Å²) in [4.78, 5) is 0. The number of nitrogens with zero attached hydrogens (tertiary/aromatic N) is 1. The van der Waals surface area contributed by atoms with Crippen LogP contribution in [0.2, 0.25) is 0 Å². The van der Waals surface area contributed by atoms with Crippen LogP contribution < -0.4 is 9.88 Å². The second-order valence-corrected chi connectivity index (χ2v) is 6.42. The maximum absolute atomic E-state index is 3.55. The van der Waals surface area contributed by atoms with Crippen LogP contribution >= 0.6 is 11.3 Å². The summed E-state index contributed by atoms with van der Waals surface area (Å²) in [6.45, 7) is 7.94. The molecular formula is C12H21N2S+. The Hall–Kier alpha value is -0.570. The van der Waals surface area contributed by atoms with Gasteiger partial charge in [0, 0.05) is 10.8 Å². The molecule has 1 aliphatic carbocycles. The Morgan fingerprint density at radius 1 is 1.47 bits per heavy atom. The van der Waals surface area contributed by atoms with Gasteiger partial charge in [-0.25, -0.2) is 4.57 Å². The first kappa shape index (κ1) is 10.9. The van der Waals surface area contributed by atoms with Crippen LogP contribution in [0, 0.1) is 5.92 Å². The zero-order chi connectivity index (χ0) is 11.1. The fourth-order valence-corrected chi connectivity index (χ4v) is 2.93. The Bertz CT molecular complexity index is 345. The van der Waals surface area contributed by atoms with Gasteiger partial charge in [-0.05, 0) is 18.8 Å². The fraction of sp³-hybridized carbons (Fsp3) is 0.750. The molecule has 2 nitrogen and oxygen atoms in total. The molecule has 1 aromatic rings. The van der Waals surface area contributed by atoms with E-state index in [0.717, 1.165) is 12.5 Å². The lowest BCUT2D eigenvalue weighted by molar-refractivity contribution is -0.664. The fourth-order valence-electron chi connectivity index (χ4n) is 1.77. The number of nitrogens with one attached hydrogen (secondary N) is 1. The lowest BCUT2D eigenvalue weighted by atomic mass is 9.93. The first-order chi connectivity index (χ1) is 6.98. The molecule has 1 aromatic heterocycles. The average Bonchev–Trinajstić information content (AvgIpc) is 2.86. The molecule has 0 bridgehead atoms. The monoisotopic (exact) mass is 225 g/mol. The van der Waals surface area contributed by atoms with E-state index >= 15 is 0 Å². The second kappa shape index (κ2) is 3.78. The Morgan fingerprint density at radius 3 is 2.60 bits per heavy atom. The first-order valence-corrected chi connectivity index (χ1v) is 6.58. The van der Waals surface area contributed by atoms with E-state index in [1.54, 1.807) is 0 Å². The molecule has 0 aromatic carbocycles. The van der Waals surface area contributed by atoms with Crippen molar-refractivity contribution in [3.05, 3.63) is 11.1 Å². The van der Waals surface area contributed by atoms with E-state index in [2.05, 4.69) is 43.1 Å². The minimum Gasteiger partial charge on any atom is -0.265 e. The summed E-state index contributed by atoms with van der Waals surface area (Å²) in [6, 6.07) is 0. The van der Waals surface area contributed by atoms with Crippen LogP contribution in [-0.4, -0.2) is 6.54 Å². The van der Waals surface area contributed by atoms with E-state index in [0.29, 0.717) is 0 Å². The van der Waals surface area contributed by atoms with Crippen molar-refractivity contribution in [1.29, 1.82) is 0 Å². The van der Waals surface area contributed by atoms with Gasteiger partial charge in [-0.2, -0.15) is 0 Å². The summed E-state index contributed by atoms with van der Waals surface area (Å²) in [7, 11) is 2.16. The molecule has 1 N–H and O–H groups in total. The number of rotatable bonds is 3. The van der Waals surface area contributed by atoms with E-state index in [-0.39, 0.29) is 5.41 Å². The molecule has 0 atom stereocenters. The molecule has 0 unspecified atom stereocenters. The molecular weight excluding hydrogens is 204 g/mol.